The van der Waals surface area contributed by atoms with Gasteiger partial charge in [-0.05, 0) is 38.2 Å². The second kappa shape index (κ2) is 7.26. The molecule has 1 fully saturated rings. The van der Waals surface area contributed by atoms with Crippen molar-refractivity contribution in [2.75, 3.05) is 0 Å². The van der Waals surface area contributed by atoms with Crippen LogP contribution >= 0.6 is 0 Å². The smallest absolute Gasteiger partial charge is 0.0627 e. The Balaban J connectivity index is 1.88. The first-order valence-corrected chi connectivity index (χ1v) is 8.36. The van der Waals surface area contributed by atoms with E-state index in [0.29, 0.717) is 24.0 Å². The second-order valence-electron chi connectivity index (χ2n) is 6.87. The van der Waals surface area contributed by atoms with Gasteiger partial charge in [0.25, 0.3) is 0 Å². The first-order valence-electron chi connectivity index (χ1n) is 8.36. The molecule has 2 rings (SSSR count). The van der Waals surface area contributed by atoms with E-state index in [1.807, 2.05) is 0 Å². The lowest BCUT2D eigenvalue weighted by molar-refractivity contribution is 0.325. The zero-order valence-electron chi connectivity index (χ0n) is 13.6. The van der Waals surface area contributed by atoms with E-state index in [1.165, 1.54) is 37.8 Å². The van der Waals surface area contributed by atoms with Gasteiger partial charge in [-0.3, -0.25) is 4.68 Å². The molecule has 0 spiro atoms. The average Bonchev–Trinajstić information content (AvgIpc) is 2.87. The minimum absolute atomic E-state index is 0.537. The fraction of sp³-hybridized carbons (Fsp3) is 0.824. The SMILES string of the molecule is CC(C)NC(C)C(C)Cc1ccn(C2CCCCC2)n1. The predicted octanol–water partition coefficient (Wildman–Crippen LogP) is 3.95. The first kappa shape index (κ1) is 15.6. The van der Waals surface area contributed by atoms with Gasteiger partial charge < -0.3 is 5.32 Å². The van der Waals surface area contributed by atoms with Crippen LogP contribution in [-0.2, 0) is 6.42 Å². The third kappa shape index (κ3) is 4.34. The molecule has 1 saturated carbocycles. The molecular weight excluding hydrogens is 246 g/mol. The quantitative estimate of drug-likeness (QED) is 0.853. The van der Waals surface area contributed by atoms with Crippen molar-refractivity contribution in [3.63, 3.8) is 0 Å². The minimum Gasteiger partial charge on any atom is -0.312 e. The first-order chi connectivity index (χ1) is 9.56. The van der Waals surface area contributed by atoms with Crippen LogP contribution in [-0.4, -0.2) is 21.9 Å². The van der Waals surface area contributed by atoms with Crippen molar-refractivity contribution in [1.82, 2.24) is 15.1 Å². The van der Waals surface area contributed by atoms with Crippen molar-refractivity contribution in [1.29, 1.82) is 0 Å². The van der Waals surface area contributed by atoms with Crippen molar-refractivity contribution in [2.45, 2.75) is 84.3 Å². The number of hydrogen-bond acceptors (Lipinski definition) is 2. The Labute approximate surface area is 124 Å². The summed E-state index contributed by atoms with van der Waals surface area (Å²) in [6.45, 7) is 9.02. The Morgan fingerprint density at radius 1 is 1.20 bits per heavy atom. The van der Waals surface area contributed by atoms with Gasteiger partial charge in [-0.15, -0.1) is 0 Å². The Morgan fingerprint density at radius 2 is 1.90 bits per heavy atom. The van der Waals surface area contributed by atoms with Crippen LogP contribution in [0.15, 0.2) is 12.3 Å². The van der Waals surface area contributed by atoms with Gasteiger partial charge in [0, 0.05) is 18.3 Å². The lowest BCUT2D eigenvalue weighted by Gasteiger charge is -2.23. The molecule has 114 valence electrons. The van der Waals surface area contributed by atoms with Gasteiger partial charge in [0.05, 0.1) is 11.7 Å². The molecule has 1 aromatic rings. The Bertz CT molecular complexity index is 391. The Kier molecular flexibility index (Phi) is 5.64. The molecule has 3 heteroatoms. The molecule has 1 aromatic heterocycles. The molecule has 1 N–H and O–H groups in total. The molecule has 20 heavy (non-hydrogen) atoms. The van der Waals surface area contributed by atoms with Gasteiger partial charge in [-0.2, -0.15) is 5.10 Å². The maximum atomic E-state index is 4.82. The van der Waals surface area contributed by atoms with Crippen molar-refractivity contribution in [2.24, 2.45) is 5.92 Å². The van der Waals surface area contributed by atoms with E-state index in [0.717, 1.165) is 6.42 Å². The molecule has 0 bridgehead atoms. The highest BCUT2D eigenvalue weighted by Crippen LogP contribution is 2.27. The Hall–Kier alpha value is -0.830. The van der Waals surface area contributed by atoms with Crippen LogP contribution in [0.25, 0.3) is 0 Å². The van der Waals surface area contributed by atoms with E-state index in [9.17, 15) is 0 Å². The van der Waals surface area contributed by atoms with E-state index in [2.05, 4.69) is 50.0 Å². The number of aromatic nitrogens is 2. The van der Waals surface area contributed by atoms with Gasteiger partial charge in [0.1, 0.15) is 0 Å². The van der Waals surface area contributed by atoms with E-state index in [-0.39, 0.29) is 0 Å². The summed E-state index contributed by atoms with van der Waals surface area (Å²) in [4.78, 5) is 0. The molecule has 0 aromatic carbocycles. The summed E-state index contributed by atoms with van der Waals surface area (Å²) < 4.78 is 2.22. The standard InChI is InChI=1S/C17H31N3/c1-13(2)18-15(4)14(3)12-16-10-11-20(19-16)17-8-6-5-7-9-17/h10-11,13-15,17-18H,5-9,12H2,1-4H3. The molecule has 1 aliphatic carbocycles. The van der Waals surface area contributed by atoms with Crippen molar-refractivity contribution < 1.29 is 0 Å². The van der Waals surface area contributed by atoms with Crippen LogP contribution in [0.2, 0.25) is 0 Å². The van der Waals surface area contributed by atoms with E-state index < -0.39 is 0 Å². The summed E-state index contributed by atoms with van der Waals surface area (Å²) in [6.07, 6.45) is 10.0. The van der Waals surface area contributed by atoms with Crippen molar-refractivity contribution in [3.05, 3.63) is 18.0 Å². The van der Waals surface area contributed by atoms with E-state index in [1.54, 1.807) is 0 Å². The molecular formula is C17H31N3. The summed E-state index contributed by atoms with van der Waals surface area (Å²) in [5, 5.41) is 8.42. The van der Waals surface area contributed by atoms with Crippen LogP contribution in [0.4, 0.5) is 0 Å². The van der Waals surface area contributed by atoms with E-state index >= 15 is 0 Å². The number of nitrogens with one attached hydrogen (secondary N) is 1. The highest BCUT2D eigenvalue weighted by molar-refractivity contribution is 5.02. The summed E-state index contributed by atoms with van der Waals surface area (Å²) in [5.74, 6) is 0.618. The number of rotatable bonds is 6. The minimum atomic E-state index is 0.537. The third-order valence-electron chi connectivity index (χ3n) is 4.59. The van der Waals surface area contributed by atoms with Gasteiger partial charge in [0.2, 0.25) is 0 Å². The zero-order valence-corrected chi connectivity index (χ0v) is 13.6. The zero-order chi connectivity index (χ0) is 14.5. The largest absolute Gasteiger partial charge is 0.312 e. The average molecular weight is 277 g/mol. The maximum absolute atomic E-state index is 4.82. The fourth-order valence-corrected chi connectivity index (χ4v) is 3.23. The normalized spacial score (nSPS) is 20.2. The molecule has 0 saturated heterocycles. The van der Waals surface area contributed by atoms with Crippen molar-refractivity contribution >= 4 is 0 Å². The molecule has 1 heterocycles. The van der Waals surface area contributed by atoms with Gasteiger partial charge in [0.15, 0.2) is 0 Å². The Morgan fingerprint density at radius 3 is 2.55 bits per heavy atom. The number of hydrogen-bond donors (Lipinski definition) is 1. The van der Waals surface area contributed by atoms with Crippen LogP contribution < -0.4 is 5.32 Å². The molecule has 3 nitrogen and oxygen atoms in total. The number of nitrogens with zero attached hydrogens (tertiary/aromatic N) is 2. The molecule has 0 amide bonds. The summed E-state index contributed by atoms with van der Waals surface area (Å²) >= 11 is 0. The van der Waals surface area contributed by atoms with Crippen LogP contribution in [0, 0.1) is 5.92 Å². The fourth-order valence-electron chi connectivity index (χ4n) is 3.23. The van der Waals surface area contributed by atoms with Gasteiger partial charge in [-0.1, -0.05) is 40.0 Å². The monoisotopic (exact) mass is 277 g/mol. The topological polar surface area (TPSA) is 29.9 Å². The molecule has 1 aliphatic rings. The third-order valence-corrected chi connectivity index (χ3v) is 4.59. The van der Waals surface area contributed by atoms with Crippen LogP contribution in [0.5, 0.6) is 0 Å². The molecule has 0 radical (unpaired) electrons. The summed E-state index contributed by atoms with van der Waals surface area (Å²) in [7, 11) is 0. The van der Waals surface area contributed by atoms with Crippen molar-refractivity contribution in [3.8, 4) is 0 Å². The predicted molar refractivity (Wildman–Crippen MR) is 85.0 cm³/mol. The summed E-state index contributed by atoms with van der Waals surface area (Å²) in [5.41, 5.74) is 1.25. The summed E-state index contributed by atoms with van der Waals surface area (Å²) in [6, 6.07) is 3.95. The molecule has 0 aliphatic heterocycles. The lowest BCUT2D eigenvalue weighted by atomic mass is 9.96. The second-order valence-corrected chi connectivity index (χ2v) is 6.87. The van der Waals surface area contributed by atoms with Gasteiger partial charge in [-0.25, -0.2) is 0 Å². The van der Waals surface area contributed by atoms with Crippen LogP contribution in [0.1, 0.15) is 71.5 Å². The highest BCUT2D eigenvalue weighted by atomic mass is 15.3. The molecule has 2 unspecified atom stereocenters. The highest BCUT2D eigenvalue weighted by Gasteiger charge is 2.18. The maximum Gasteiger partial charge on any atom is 0.0627 e. The lowest BCUT2D eigenvalue weighted by Crippen LogP contribution is -2.37. The molecule has 2 atom stereocenters. The van der Waals surface area contributed by atoms with E-state index in [4.69, 9.17) is 5.10 Å². The van der Waals surface area contributed by atoms with Crippen LogP contribution in [0.3, 0.4) is 0 Å². The van der Waals surface area contributed by atoms with Gasteiger partial charge >= 0.3 is 0 Å².